The van der Waals surface area contributed by atoms with Crippen LogP contribution in [0.4, 0.5) is 14.5 Å². The van der Waals surface area contributed by atoms with Crippen molar-refractivity contribution in [2.24, 2.45) is 0 Å². The molecule has 0 aliphatic heterocycles. The number of rotatable bonds is 5. The van der Waals surface area contributed by atoms with E-state index in [2.05, 4.69) is 5.32 Å². The molecule has 0 saturated heterocycles. The molecule has 1 amide bonds. The third-order valence-electron chi connectivity index (χ3n) is 2.84. The monoisotopic (exact) mass is 305 g/mol. The summed E-state index contributed by atoms with van der Waals surface area (Å²) in [6.45, 7) is 1.00. The predicted molar refractivity (Wildman–Crippen MR) is 76.9 cm³/mol. The summed E-state index contributed by atoms with van der Waals surface area (Å²) in [4.78, 5) is 23.2. The lowest BCUT2D eigenvalue weighted by atomic mass is 10.1. The van der Waals surface area contributed by atoms with Gasteiger partial charge in [-0.1, -0.05) is 12.1 Å². The predicted octanol–water partition coefficient (Wildman–Crippen LogP) is 3.18. The van der Waals surface area contributed by atoms with Gasteiger partial charge in [-0.2, -0.15) is 0 Å². The zero-order chi connectivity index (χ0) is 16.1. The fraction of sp³-hybridized carbons (Fsp3) is 0.125. The summed E-state index contributed by atoms with van der Waals surface area (Å²) >= 11 is 0. The summed E-state index contributed by atoms with van der Waals surface area (Å²) in [6, 6.07) is 9.53. The van der Waals surface area contributed by atoms with Crippen molar-refractivity contribution in [3.05, 3.63) is 59.7 Å². The molecule has 22 heavy (non-hydrogen) atoms. The number of carbonyl (C=O) groups excluding carboxylic acids is 2. The van der Waals surface area contributed by atoms with Crippen molar-refractivity contribution < 1.29 is 23.1 Å². The molecular formula is C16H13F2NO3. The number of ketones is 1. The van der Waals surface area contributed by atoms with Crippen molar-refractivity contribution in [1.82, 2.24) is 0 Å². The van der Waals surface area contributed by atoms with Gasteiger partial charge in [-0.05, 0) is 31.2 Å². The van der Waals surface area contributed by atoms with E-state index in [1.807, 2.05) is 0 Å². The summed E-state index contributed by atoms with van der Waals surface area (Å²) < 4.78 is 30.8. The van der Waals surface area contributed by atoms with Crippen LogP contribution in [-0.2, 0) is 4.79 Å². The molecular weight excluding hydrogens is 292 g/mol. The van der Waals surface area contributed by atoms with Gasteiger partial charge in [0.1, 0.15) is 5.75 Å². The minimum atomic E-state index is -1.06. The minimum absolute atomic E-state index is 0.0360. The van der Waals surface area contributed by atoms with E-state index in [1.54, 1.807) is 24.3 Å². The van der Waals surface area contributed by atoms with Gasteiger partial charge in [0.2, 0.25) is 0 Å². The van der Waals surface area contributed by atoms with Crippen LogP contribution in [0.3, 0.4) is 0 Å². The molecule has 2 aromatic carbocycles. The smallest absolute Gasteiger partial charge is 0.262 e. The van der Waals surface area contributed by atoms with Crippen LogP contribution in [0.2, 0.25) is 0 Å². The Balaban J connectivity index is 1.99. The maximum atomic E-state index is 13.0. The van der Waals surface area contributed by atoms with Crippen molar-refractivity contribution in [3.63, 3.8) is 0 Å². The number of hydrogen-bond acceptors (Lipinski definition) is 3. The van der Waals surface area contributed by atoms with Crippen LogP contribution >= 0.6 is 0 Å². The van der Waals surface area contributed by atoms with Crippen molar-refractivity contribution in [2.75, 3.05) is 11.9 Å². The molecule has 2 aromatic rings. The molecule has 0 heterocycles. The largest absolute Gasteiger partial charge is 0.484 e. The van der Waals surface area contributed by atoms with Crippen molar-refractivity contribution in [3.8, 4) is 5.75 Å². The standard InChI is InChI=1S/C16H13F2NO3/c1-10(20)12-4-2-3-5-15(12)19-16(21)9-22-11-6-7-13(17)14(18)8-11/h2-8H,9H2,1H3,(H,19,21). The first-order chi connectivity index (χ1) is 10.5. The van der Waals surface area contributed by atoms with E-state index in [9.17, 15) is 18.4 Å². The number of benzene rings is 2. The van der Waals surface area contributed by atoms with Gasteiger partial charge in [-0.15, -0.1) is 0 Å². The Bertz CT molecular complexity index is 716. The Morgan fingerprint density at radius 1 is 1.09 bits per heavy atom. The van der Waals surface area contributed by atoms with Gasteiger partial charge in [0, 0.05) is 11.6 Å². The lowest BCUT2D eigenvalue weighted by Crippen LogP contribution is -2.21. The number of halogens is 2. The Morgan fingerprint density at radius 3 is 2.50 bits per heavy atom. The number of amides is 1. The Hall–Kier alpha value is -2.76. The molecule has 0 aromatic heterocycles. The second-order valence-electron chi connectivity index (χ2n) is 4.51. The molecule has 0 bridgehead atoms. The van der Waals surface area contributed by atoms with Gasteiger partial charge in [0.25, 0.3) is 5.91 Å². The van der Waals surface area contributed by atoms with E-state index in [0.29, 0.717) is 11.3 Å². The van der Waals surface area contributed by atoms with Crippen molar-refractivity contribution in [2.45, 2.75) is 6.92 Å². The molecule has 0 unspecified atom stereocenters. The van der Waals surface area contributed by atoms with E-state index in [0.717, 1.165) is 12.1 Å². The van der Waals surface area contributed by atoms with E-state index < -0.39 is 24.1 Å². The van der Waals surface area contributed by atoms with Crippen molar-refractivity contribution in [1.29, 1.82) is 0 Å². The Kier molecular flexibility index (Phi) is 4.83. The van der Waals surface area contributed by atoms with E-state index >= 15 is 0 Å². The first-order valence-corrected chi connectivity index (χ1v) is 6.45. The molecule has 1 N–H and O–H groups in total. The topological polar surface area (TPSA) is 55.4 Å². The number of carbonyl (C=O) groups is 2. The highest BCUT2D eigenvalue weighted by atomic mass is 19.2. The maximum Gasteiger partial charge on any atom is 0.262 e. The van der Waals surface area contributed by atoms with Gasteiger partial charge in [-0.25, -0.2) is 8.78 Å². The third kappa shape index (κ3) is 3.88. The average Bonchev–Trinajstić information content (AvgIpc) is 2.49. The lowest BCUT2D eigenvalue weighted by molar-refractivity contribution is -0.118. The lowest BCUT2D eigenvalue weighted by Gasteiger charge is -2.10. The highest BCUT2D eigenvalue weighted by molar-refractivity contribution is 6.03. The zero-order valence-electron chi connectivity index (χ0n) is 11.7. The van der Waals surface area contributed by atoms with Crippen LogP contribution < -0.4 is 10.1 Å². The van der Waals surface area contributed by atoms with Gasteiger partial charge < -0.3 is 10.1 Å². The second kappa shape index (κ2) is 6.80. The van der Waals surface area contributed by atoms with Gasteiger partial charge in [-0.3, -0.25) is 9.59 Å². The average molecular weight is 305 g/mol. The summed E-state index contributed by atoms with van der Waals surface area (Å²) in [6.07, 6.45) is 0. The second-order valence-corrected chi connectivity index (χ2v) is 4.51. The molecule has 0 spiro atoms. The highest BCUT2D eigenvalue weighted by Gasteiger charge is 2.10. The van der Waals surface area contributed by atoms with Crippen LogP contribution in [-0.4, -0.2) is 18.3 Å². The van der Waals surface area contributed by atoms with Crippen molar-refractivity contribution >= 4 is 17.4 Å². The molecule has 0 fully saturated rings. The van der Waals surface area contributed by atoms with Crippen LogP contribution in [0.15, 0.2) is 42.5 Å². The summed E-state index contributed by atoms with van der Waals surface area (Å²) in [5.74, 6) is -2.71. The molecule has 0 radical (unpaired) electrons. The normalized spacial score (nSPS) is 10.1. The first kappa shape index (κ1) is 15.6. The Morgan fingerprint density at radius 2 is 1.82 bits per heavy atom. The molecule has 2 rings (SSSR count). The summed E-state index contributed by atoms with van der Waals surface area (Å²) in [7, 11) is 0. The van der Waals surface area contributed by atoms with Crippen LogP contribution in [0, 0.1) is 11.6 Å². The molecule has 0 saturated carbocycles. The number of nitrogens with one attached hydrogen (secondary N) is 1. The Labute approximate surface area is 125 Å². The molecule has 0 aliphatic rings. The van der Waals surface area contributed by atoms with Crippen LogP contribution in [0.25, 0.3) is 0 Å². The fourth-order valence-corrected chi connectivity index (χ4v) is 1.80. The number of hydrogen-bond donors (Lipinski definition) is 1. The molecule has 4 nitrogen and oxygen atoms in total. The quantitative estimate of drug-likeness (QED) is 0.863. The molecule has 0 aliphatic carbocycles. The zero-order valence-corrected chi connectivity index (χ0v) is 11.7. The molecule has 6 heteroatoms. The van der Waals surface area contributed by atoms with E-state index in [-0.39, 0.29) is 11.5 Å². The summed E-state index contributed by atoms with van der Waals surface area (Å²) in [5, 5.41) is 2.54. The number of anilines is 1. The van der Waals surface area contributed by atoms with E-state index in [1.165, 1.54) is 13.0 Å². The van der Waals surface area contributed by atoms with Crippen LogP contribution in [0.1, 0.15) is 17.3 Å². The third-order valence-corrected chi connectivity index (χ3v) is 2.84. The fourth-order valence-electron chi connectivity index (χ4n) is 1.80. The molecule has 0 atom stereocenters. The summed E-state index contributed by atoms with van der Waals surface area (Å²) in [5.41, 5.74) is 0.748. The van der Waals surface area contributed by atoms with E-state index in [4.69, 9.17) is 4.74 Å². The van der Waals surface area contributed by atoms with Gasteiger partial charge in [0.15, 0.2) is 24.0 Å². The first-order valence-electron chi connectivity index (χ1n) is 6.45. The van der Waals surface area contributed by atoms with Crippen LogP contribution in [0.5, 0.6) is 5.75 Å². The number of para-hydroxylation sites is 1. The minimum Gasteiger partial charge on any atom is -0.484 e. The number of Topliss-reactive ketones (excluding diaryl/α,β-unsaturated/α-hetero) is 1. The number of ether oxygens (including phenoxy) is 1. The molecule has 114 valence electrons. The SMILES string of the molecule is CC(=O)c1ccccc1NC(=O)COc1ccc(F)c(F)c1. The maximum absolute atomic E-state index is 13.0. The highest BCUT2D eigenvalue weighted by Crippen LogP contribution is 2.17. The van der Waals surface area contributed by atoms with Gasteiger partial charge >= 0.3 is 0 Å². The van der Waals surface area contributed by atoms with Gasteiger partial charge in [0.05, 0.1) is 5.69 Å².